The first-order valence-electron chi connectivity index (χ1n) is 7.19. The van der Waals surface area contributed by atoms with Crippen LogP contribution in [0.25, 0.3) is 0 Å². The van der Waals surface area contributed by atoms with Gasteiger partial charge in [0.15, 0.2) is 11.0 Å². The van der Waals surface area contributed by atoms with Crippen LogP contribution >= 0.6 is 11.8 Å². The Balaban J connectivity index is 1.96. The first-order valence-corrected chi connectivity index (χ1v) is 8.18. The van der Waals surface area contributed by atoms with E-state index in [1.54, 1.807) is 4.57 Å². The van der Waals surface area contributed by atoms with Crippen LogP contribution in [0.5, 0.6) is 0 Å². The topological polar surface area (TPSA) is 89.6 Å². The third-order valence-corrected chi connectivity index (χ3v) is 3.85. The zero-order valence-corrected chi connectivity index (χ0v) is 13.4. The van der Waals surface area contributed by atoms with E-state index in [0.717, 1.165) is 19.3 Å². The van der Waals surface area contributed by atoms with Crippen molar-refractivity contribution in [3.63, 3.8) is 0 Å². The fourth-order valence-electron chi connectivity index (χ4n) is 1.84. The van der Waals surface area contributed by atoms with Crippen LogP contribution in [0.3, 0.4) is 0 Å². The van der Waals surface area contributed by atoms with Crippen LogP contribution in [-0.2, 0) is 18.7 Å². The largest absolute Gasteiger partial charge is 0.343 e. The lowest BCUT2D eigenvalue weighted by molar-refractivity contribution is 0.360. The van der Waals surface area contributed by atoms with E-state index in [0.29, 0.717) is 35.1 Å². The molecular formula is C13H21N5O2S. The summed E-state index contributed by atoms with van der Waals surface area (Å²) in [5.41, 5.74) is -0.167. The third kappa shape index (κ3) is 4.45. The maximum absolute atomic E-state index is 11.7. The molecule has 0 aliphatic carbocycles. The molecule has 0 atom stereocenters. The van der Waals surface area contributed by atoms with Gasteiger partial charge in [-0.2, -0.15) is 4.98 Å². The van der Waals surface area contributed by atoms with Gasteiger partial charge in [0.1, 0.15) is 0 Å². The summed E-state index contributed by atoms with van der Waals surface area (Å²) in [5.74, 6) is 2.31. The summed E-state index contributed by atoms with van der Waals surface area (Å²) in [6.45, 7) is 6.98. The molecule has 0 bridgehead atoms. The molecular weight excluding hydrogens is 290 g/mol. The number of rotatable bonds is 8. The summed E-state index contributed by atoms with van der Waals surface area (Å²) in [5, 5.41) is 11.1. The van der Waals surface area contributed by atoms with Crippen LogP contribution in [-0.4, -0.2) is 24.9 Å². The van der Waals surface area contributed by atoms with E-state index in [9.17, 15) is 4.79 Å². The molecule has 7 nitrogen and oxygen atoms in total. The molecule has 0 radical (unpaired) electrons. The number of hydrogen-bond donors (Lipinski definition) is 1. The maximum atomic E-state index is 11.7. The second-order valence-corrected chi connectivity index (χ2v) is 6.25. The minimum Gasteiger partial charge on any atom is -0.339 e. The second-order valence-electron chi connectivity index (χ2n) is 5.31. The summed E-state index contributed by atoms with van der Waals surface area (Å²) in [4.78, 5) is 16.0. The molecule has 8 heteroatoms. The van der Waals surface area contributed by atoms with E-state index < -0.39 is 0 Å². The van der Waals surface area contributed by atoms with Crippen molar-refractivity contribution in [1.82, 2.24) is 24.9 Å². The first kappa shape index (κ1) is 15.8. The summed E-state index contributed by atoms with van der Waals surface area (Å²) < 4.78 is 6.85. The second kappa shape index (κ2) is 7.44. The highest BCUT2D eigenvalue weighted by atomic mass is 32.2. The van der Waals surface area contributed by atoms with Crippen molar-refractivity contribution in [3.05, 3.63) is 22.2 Å². The van der Waals surface area contributed by atoms with Crippen LogP contribution in [0.1, 0.15) is 45.3 Å². The van der Waals surface area contributed by atoms with Crippen molar-refractivity contribution in [2.75, 3.05) is 0 Å². The van der Waals surface area contributed by atoms with Crippen LogP contribution in [0, 0.1) is 5.92 Å². The fraction of sp³-hybridized carbons (Fsp3) is 0.692. The van der Waals surface area contributed by atoms with Gasteiger partial charge in [-0.3, -0.25) is 4.57 Å². The molecule has 2 aromatic heterocycles. The van der Waals surface area contributed by atoms with Gasteiger partial charge in [0.05, 0.1) is 5.75 Å². The predicted octanol–water partition coefficient (Wildman–Crippen LogP) is 2.25. The Labute approximate surface area is 127 Å². The highest BCUT2D eigenvalue weighted by Gasteiger charge is 2.12. The zero-order chi connectivity index (χ0) is 15.2. The summed E-state index contributed by atoms with van der Waals surface area (Å²) in [6.07, 6.45) is 2.76. The molecule has 2 heterocycles. The molecule has 21 heavy (non-hydrogen) atoms. The Hall–Kier alpha value is -1.57. The van der Waals surface area contributed by atoms with Crippen molar-refractivity contribution >= 4 is 11.8 Å². The van der Waals surface area contributed by atoms with Crippen molar-refractivity contribution in [2.24, 2.45) is 5.92 Å². The van der Waals surface area contributed by atoms with Gasteiger partial charge in [-0.15, -0.1) is 5.10 Å². The highest BCUT2D eigenvalue weighted by Crippen LogP contribution is 2.18. The van der Waals surface area contributed by atoms with Crippen molar-refractivity contribution in [1.29, 1.82) is 0 Å². The molecule has 2 aromatic rings. The van der Waals surface area contributed by atoms with Gasteiger partial charge in [0.25, 0.3) is 0 Å². The Kier molecular flexibility index (Phi) is 5.60. The smallest absolute Gasteiger partial charge is 0.339 e. The number of nitrogens with one attached hydrogen (secondary N) is 1. The van der Waals surface area contributed by atoms with Gasteiger partial charge in [-0.05, 0) is 12.3 Å². The molecule has 0 aliphatic heterocycles. The van der Waals surface area contributed by atoms with Gasteiger partial charge in [0, 0.05) is 13.0 Å². The number of aromatic nitrogens is 5. The van der Waals surface area contributed by atoms with Crippen LogP contribution in [0.2, 0.25) is 0 Å². The van der Waals surface area contributed by atoms with E-state index in [4.69, 9.17) is 4.52 Å². The number of thioether (sulfide) groups is 1. The van der Waals surface area contributed by atoms with E-state index in [2.05, 4.69) is 41.1 Å². The average Bonchev–Trinajstić information content (AvgIpc) is 3.01. The highest BCUT2D eigenvalue weighted by molar-refractivity contribution is 7.98. The molecule has 116 valence electrons. The zero-order valence-electron chi connectivity index (χ0n) is 12.6. The van der Waals surface area contributed by atoms with Gasteiger partial charge in [-0.1, -0.05) is 44.1 Å². The lowest BCUT2D eigenvalue weighted by Crippen LogP contribution is -2.17. The lowest BCUT2D eigenvalue weighted by atomic mass is 10.1. The number of nitrogens with zero attached hydrogens (tertiary/aromatic N) is 4. The van der Waals surface area contributed by atoms with Gasteiger partial charge >= 0.3 is 5.69 Å². The molecule has 0 aromatic carbocycles. The molecule has 0 unspecified atom stereocenters. The van der Waals surface area contributed by atoms with E-state index in [1.807, 2.05) is 0 Å². The van der Waals surface area contributed by atoms with Gasteiger partial charge in [0.2, 0.25) is 5.89 Å². The Morgan fingerprint density at radius 3 is 2.95 bits per heavy atom. The Morgan fingerprint density at radius 2 is 2.24 bits per heavy atom. The maximum Gasteiger partial charge on any atom is 0.343 e. The molecule has 0 spiro atoms. The number of unbranched alkanes of at least 4 members (excludes halogenated alkanes) is 1. The fourth-order valence-corrected chi connectivity index (χ4v) is 2.65. The normalized spacial score (nSPS) is 11.4. The minimum absolute atomic E-state index is 0.167. The van der Waals surface area contributed by atoms with E-state index in [-0.39, 0.29) is 5.69 Å². The van der Waals surface area contributed by atoms with Crippen LogP contribution in [0.4, 0.5) is 0 Å². The Bertz CT molecular complexity index is 616. The number of hydrogen-bond acceptors (Lipinski definition) is 6. The van der Waals surface area contributed by atoms with Crippen molar-refractivity contribution in [2.45, 2.75) is 57.5 Å². The number of aromatic amines is 1. The molecule has 1 N–H and O–H groups in total. The molecule has 0 aliphatic rings. The summed E-state index contributed by atoms with van der Waals surface area (Å²) in [7, 11) is 0. The van der Waals surface area contributed by atoms with Gasteiger partial charge < -0.3 is 4.52 Å². The lowest BCUT2D eigenvalue weighted by Gasteiger charge is -2.02. The SMILES string of the molecule is CCCCn1c(SCc2noc(CC(C)C)n2)n[nH]c1=O. The molecule has 2 rings (SSSR count). The third-order valence-electron chi connectivity index (χ3n) is 2.88. The molecule has 0 saturated carbocycles. The standard InChI is InChI=1S/C13H21N5O2S/c1-4-5-6-18-12(19)15-16-13(18)21-8-10-14-11(20-17-10)7-9(2)3/h9H,4-8H2,1-3H3,(H,15,19). The molecule has 0 saturated heterocycles. The van der Waals surface area contributed by atoms with Crippen molar-refractivity contribution in [3.8, 4) is 0 Å². The molecule has 0 fully saturated rings. The Morgan fingerprint density at radius 1 is 1.43 bits per heavy atom. The van der Waals surface area contributed by atoms with Gasteiger partial charge in [-0.25, -0.2) is 9.89 Å². The first-order chi connectivity index (χ1) is 10.1. The predicted molar refractivity (Wildman–Crippen MR) is 80.2 cm³/mol. The van der Waals surface area contributed by atoms with Crippen LogP contribution in [0.15, 0.2) is 14.5 Å². The quantitative estimate of drug-likeness (QED) is 0.752. The minimum atomic E-state index is -0.167. The average molecular weight is 311 g/mol. The summed E-state index contributed by atoms with van der Waals surface area (Å²) in [6, 6.07) is 0. The summed E-state index contributed by atoms with van der Waals surface area (Å²) >= 11 is 1.44. The van der Waals surface area contributed by atoms with E-state index >= 15 is 0 Å². The number of H-pyrrole nitrogens is 1. The monoisotopic (exact) mass is 311 g/mol. The van der Waals surface area contributed by atoms with Crippen LogP contribution < -0.4 is 5.69 Å². The van der Waals surface area contributed by atoms with E-state index in [1.165, 1.54) is 11.8 Å². The molecule has 0 amide bonds. The van der Waals surface area contributed by atoms with Crippen molar-refractivity contribution < 1.29 is 4.52 Å².